The highest BCUT2D eigenvalue weighted by Gasteiger charge is 2.04. The van der Waals surface area contributed by atoms with Gasteiger partial charge in [-0.2, -0.15) is 0 Å². The number of aromatic nitrogens is 2. The number of hydrogen-bond donors (Lipinski definition) is 1. The van der Waals surface area contributed by atoms with Crippen molar-refractivity contribution < 1.29 is 9.47 Å². The van der Waals surface area contributed by atoms with E-state index in [0.717, 1.165) is 25.0 Å². The molecule has 0 fully saturated rings. The maximum absolute atomic E-state index is 5.63. The first-order valence-corrected chi connectivity index (χ1v) is 5.53. The maximum atomic E-state index is 5.63. The highest BCUT2D eigenvalue weighted by molar-refractivity contribution is 5.42. The second-order valence-corrected chi connectivity index (χ2v) is 3.50. The number of anilines is 1. The van der Waals surface area contributed by atoms with Gasteiger partial charge in [0.15, 0.2) is 0 Å². The SMILES string of the molecule is CCCCOCCOc1ncnc(N)c1C. The highest BCUT2D eigenvalue weighted by Crippen LogP contribution is 2.16. The number of nitrogens with zero attached hydrogens (tertiary/aromatic N) is 2. The largest absolute Gasteiger partial charge is 0.475 e. The first-order valence-electron chi connectivity index (χ1n) is 5.53. The highest BCUT2D eigenvalue weighted by atomic mass is 16.5. The van der Waals surface area contributed by atoms with E-state index in [2.05, 4.69) is 16.9 Å². The lowest BCUT2D eigenvalue weighted by Gasteiger charge is -2.08. The molecule has 0 saturated carbocycles. The van der Waals surface area contributed by atoms with E-state index in [9.17, 15) is 0 Å². The minimum absolute atomic E-state index is 0.455. The molecule has 0 bridgehead atoms. The summed E-state index contributed by atoms with van der Waals surface area (Å²) >= 11 is 0. The van der Waals surface area contributed by atoms with Crippen LogP contribution in [0.15, 0.2) is 6.33 Å². The standard InChI is InChI=1S/C11H19N3O2/c1-3-4-5-15-6-7-16-11-9(2)10(12)13-8-14-11/h8H,3-7H2,1-2H3,(H2,12,13,14). The molecule has 2 N–H and O–H groups in total. The van der Waals surface area contributed by atoms with Crippen molar-refractivity contribution in [1.82, 2.24) is 9.97 Å². The van der Waals surface area contributed by atoms with Crippen LogP contribution in [-0.4, -0.2) is 29.8 Å². The average molecular weight is 225 g/mol. The molecule has 0 unspecified atom stereocenters. The third kappa shape index (κ3) is 4.02. The van der Waals surface area contributed by atoms with E-state index in [1.807, 2.05) is 6.92 Å². The third-order valence-corrected chi connectivity index (χ3v) is 2.19. The molecule has 1 rings (SSSR count). The Balaban J connectivity index is 2.24. The van der Waals surface area contributed by atoms with E-state index in [-0.39, 0.29) is 0 Å². The summed E-state index contributed by atoms with van der Waals surface area (Å²) in [7, 11) is 0. The fourth-order valence-corrected chi connectivity index (χ4v) is 1.14. The van der Waals surface area contributed by atoms with Crippen LogP contribution < -0.4 is 10.5 Å². The molecule has 1 heterocycles. The van der Waals surface area contributed by atoms with Crippen LogP contribution in [0.3, 0.4) is 0 Å². The molecule has 0 atom stereocenters. The molecule has 0 aliphatic rings. The molecular weight excluding hydrogens is 206 g/mol. The number of ether oxygens (including phenoxy) is 2. The Hall–Kier alpha value is -1.36. The van der Waals surface area contributed by atoms with Gasteiger partial charge in [-0.15, -0.1) is 0 Å². The summed E-state index contributed by atoms with van der Waals surface area (Å²) in [6.45, 7) is 5.81. The van der Waals surface area contributed by atoms with E-state index in [1.165, 1.54) is 6.33 Å². The molecule has 0 radical (unpaired) electrons. The molecule has 16 heavy (non-hydrogen) atoms. The second-order valence-electron chi connectivity index (χ2n) is 3.50. The molecular formula is C11H19N3O2. The number of unbranched alkanes of at least 4 members (excludes halogenated alkanes) is 1. The summed E-state index contributed by atoms with van der Waals surface area (Å²) < 4.78 is 10.8. The molecule has 1 aromatic heterocycles. The Morgan fingerprint density at radius 3 is 2.81 bits per heavy atom. The Kier molecular flexibility index (Phi) is 5.56. The number of hydrogen-bond acceptors (Lipinski definition) is 5. The molecule has 0 aliphatic heterocycles. The van der Waals surface area contributed by atoms with Crippen molar-refractivity contribution in [3.63, 3.8) is 0 Å². The van der Waals surface area contributed by atoms with E-state index in [1.54, 1.807) is 0 Å². The normalized spacial score (nSPS) is 10.4. The van der Waals surface area contributed by atoms with Gasteiger partial charge in [-0.3, -0.25) is 0 Å². The second kappa shape index (κ2) is 7.00. The van der Waals surface area contributed by atoms with Crippen LogP contribution in [0.1, 0.15) is 25.3 Å². The zero-order chi connectivity index (χ0) is 11.8. The maximum Gasteiger partial charge on any atom is 0.221 e. The summed E-state index contributed by atoms with van der Waals surface area (Å²) in [5.41, 5.74) is 6.40. The average Bonchev–Trinajstić information content (AvgIpc) is 2.29. The minimum Gasteiger partial charge on any atom is -0.475 e. The number of rotatable bonds is 7. The lowest BCUT2D eigenvalue weighted by atomic mass is 10.3. The van der Waals surface area contributed by atoms with E-state index < -0.39 is 0 Å². The van der Waals surface area contributed by atoms with Crippen molar-refractivity contribution in [3.05, 3.63) is 11.9 Å². The molecule has 0 saturated heterocycles. The molecule has 1 aromatic rings. The summed E-state index contributed by atoms with van der Waals surface area (Å²) in [5.74, 6) is 0.989. The van der Waals surface area contributed by atoms with Gasteiger partial charge in [0.05, 0.1) is 12.2 Å². The van der Waals surface area contributed by atoms with E-state index >= 15 is 0 Å². The van der Waals surface area contributed by atoms with Crippen LogP contribution >= 0.6 is 0 Å². The van der Waals surface area contributed by atoms with Gasteiger partial charge in [0.1, 0.15) is 18.8 Å². The Labute approximate surface area is 96.0 Å². The monoisotopic (exact) mass is 225 g/mol. The minimum atomic E-state index is 0.455. The van der Waals surface area contributed by atoms with Crippen molar-refractivity contribution in [2.45, 2.75) is 26.7 Å². The van der Waals surface area contributed by atoms with Crippen molar-refractivity contribution in [2.24, 2.45) is 0 Å². The van der Waals surface area contributed by atoms with E-state index in [4.69, 9.17) is 15.2 Å². The third-order valence-electron chi connectivity index (χ3n) is 2.19. The topological polar surface area (TPSA) is 70.3 Å². The Morgan fingerprint density at radius 1 is 1.25 bits per heavy atom. The van der Waals surface area contributed by atoms with Crippen molar-refractivity contribution in [2.75, 3.05) is 25.6 Å². The van der Waals surface area contributed by atoms with Crippen LogP contribution in [0.5, 0.6) is 5.88 Å². The summed E-state index contributed by atoms with van der Waals surface area (Å²) in [6, 6.07) is 0. The van der Waals surface area contributed by atoms with Gasteiger partial charge in [-0.1, -0.05) is 13.3 Å². The predicted octanol–water partition coefficient (Wildman–Crippen LogP) is 1.56. The van der Waals surface area contributed by atoms with Gasteiger partial charge in [0.2, 0.25) is 5.88 Å². The van der Waals surface area contributed by atoms with Gasteiger partial charge >= 0.3 is 0 Å². The lowest BCUT2D eigenvalue weighted by molar-refractivity contribution is 0.0962. The van der Waals surface area contributed by atoms with Crippen LogP contribution in [0.2, 0.25) is 0 Å². The molecule has 5 heteroatoms. The van der Waals surface area contributed by atoms with Gasteiger partial charge in [0.25, 0.3) is 0 Å². The Morgan fingerprint density at radius 2 is 2.06 bits per heavy atom. The predicted molar refractivity (Wildman–Crippen MR) is 62.4 cm³/mol. The first kappa shape index (κ1) is 12.7. The zero-order valence-corrected chi connectivity index (χ0v) is 9.90. The molecule has 0 aromatic carbocycles. The smallest absolute Gasteiger partial charge is 0.221 e. The van der Waals surface area contributed by atoms with Crippen LogP contribution in [0.4, 0.5) is 5.82 Å². The van der Waals surface area contributed by atoms with Gasteiger partial charge in [-0.05, 0) is 13.3 Å². The Bertz CT molecular complexity index is 318. The molecule has 0 amide bonds. The van der Waals surface area contributed by atoms with Crippen LogP contribution in [0, 0.1) is 6.92 Å². The van der Waals surface area contributed by atoms with Crippen molar-refractivity contribution >= 4 is 5.82 Å². The zero-order valence-electron chi connectivity index (χ0n) is 9.90. The van der Waals surface area contributed by atoms with Gasteiger partial charge < -0.3 is 15.2 Å². The molecule has 0 aliphatic carbocycles. The van der Waals surface area contributed by atoms with Crippen molar-refractivity contribution in [3.8, 4) is 5.88 Å². The fraction of sp³-hybridized carbons (Fsp3) is 0.636. The summed E-state index contributed by atoms with van der Waals surface area (Å²) in [4.78, 5) is 7.87. The van der Waals surface area contributed by atoms with Crippen LogP contribution in [0.25, 0.3) is 0 Å². The summed E-state index contributed by atoms with van der Waals surface area (Å²) in [6.07, 6.45) is 3.62. The number of nitrogen functional groups attached to an aromatic ring is 1. The van der Waals surface area contributed by atoms with Gasteiger partial charge in [0, 0.05) is 6.61 Å². The summed E-state index contributed by atoms with van der Waals surface area (Å²) in [5, 5.41) is 0. The molecule has 90 valence electrons. The lowest BCUT2D eigenvalue weighted by Crippen LogP contribution is -2.10. The molecule has 0 spiro atoms. The number of nitrogens with two attached hydrogens (primary N) is 1. The van der Waals surface area contributed by atoms with Crippen molar-refractivity contribution in [1.29, 1.82) is 0 Å². The van der Waals surface area contributed by atoms with Gasteiger partial charge in [-0.25, -0.2) is 9.97 Å². The first-order chi connectivity index (χ1) is 7.75. The fourth-order valence-electron chi connectivity index (χ4n) is 1.14. The quantitative estimate of drug-likeness (QED) is 0.713. The van der Waals surface area contributed by atoms with E-state index in [0.29, 0.717) is 24.9 Å². The molecule has 5 nitrogen and oxygen atoms in total. The van der Waals surface area contributed by atoms with Crippen LogP contribution in [-0.2, 0) is 4.74 Å².